The molecule has 0 aliphatic carbocycles. The van der Waals surface area contributed by atoms with Gasteiger partial charge in [0.15, 0.2) is 5.11 Å². The molecule has 0 bridgehead atoms. The van der Waals surface area contributed by atoms with Crippen molar-refractivity contribution in [3.05, 3.63) is 51.2 Å². The molecule has 1 aliphatic rings. The minimum absolute atomic E-state index is 0.0230. The molecule has 0 saturated carbocycles. The second kappa shape index (κ2) is 7.11. The first-order valence-corrected chi connectivity index (χ1v) is 8.92. The van der Waals surface area contributed by atoms with E-state index < -0.39 is 11.8 Å². The summed E-state index contributed by atoms with van der Waals surface area (Å²) in [6.45, 7) is 2.15. The molecule has 8 heteroatoms. The van der Waals surface area contributed by atoms with Crippen LogP contribution in [-0.4, -0.2) is 28.4 Å². The molecule has 3 rings (SSSR count). The number of likely N-dealkylation sites (N-methyl/N-ethyl adjacent to an activating group) is 1. The van der Waals surface area contributed by atoms with E-state index >= 15 is 0 Å². The Hall–Kier alpha value is -1.96. The van der Waals surface area contributed by atoms with Gasteiger partial charge in [0.05, 0.1) is 5.02 Å². The smallest absolute Gasteiger partial charge is 0.265 e. The Morgan fingerprint density at radius 2 is 2.08 bits per heavy atom. The third kappa shape index (κ3) is 3.53. The molecule has 5 nitrogen and oxygen atoms in total. The van der Waals surface area contributed by atoms with Crippen molar-refractivity contribution in [2.45, 2.75) is 6.92 Å². The van der Waals surface area contributed by atoms with Gasteiger partial charge in [0, 0.05) is 16.6 Å². The summed E-state index contributed by atoms with van der Waals surface area (Å²) in [4.78, 5) is 25.8. The average Bonchev–Trinajstić information content (AvgIpc) is 3.03. The highest BCUT2D eigenvalue weighted by molar-refractivity contribution is 9.10. The third-order valence-corrected chi connectivity index (χ3v) is 5.17. The Balaban J connectivity index is 1.93. The number of benzene rings is 1. The summed E-state index contributed by atoms with van der Waals surface area (Å²) in [7, 11) is 0. The van der Waals surface area contributed by atoms with Crippen LogP contribution < -0.4 is 5.32 Å². The van der Waals surface area contributed by atoms with Crippen LogP contribution in [0.4, 0.5) is 0 Å². The second-order valence-electron chi connectivity index (χ2n) is 5.20. The Bertz CT molecular complexity index is 922. The molecule has 0 spiro atoms. The van der Waals surface area contributed by atoms with Gasteiger partial charge in [-0.05, 0) is 65.4 Å². The predicted octanol–water partition coefficient (Wildman–Crippen LogP) is 4.01. The molecule has 128 valence electrons. The van der Waals surface area contributed by atoms with Crippen LogP contribution in [0.2, 0.25) is 5.02 Å². The first-order chi connectivity index (χ1) is 11.9. The molecule has 1 aromatic heterocycles. The van der Waals surface area contributed by atoms with Gasteiger partial charge in [-0.3, -0.25) is 19.8 Å². The van der Waals surface area contributed by atoms with E-state index in [1.165, 1.54) is 11.0 Å². The van der Waals surface area contributed by atoms with Crippen molar-refractivity contribution in [1.82, 2.24) is 10.2 Å². The van der Waals surface area contributed by atoms with Crippen molar-refractivity contribution in [3.8, 4) is 11.3 Å². The van der Waals surface area contributed by atoms with E-state index in [1.54, 1.807) is 25.1 Å². The van der Waals surface area contributed by atoms with Crippen molar-refractivity contribution < 1.29 is 14.0 Å². The maximum absolute atomic E-state index is 12.4. The number of carbonyl (C=O) groups excluding carboxylic acids is 2. The standard InChI is InChI=1S/C17H12BrClN2O3S/c1-2-21-16(23)11(15(22)20-17(21)25)8-10-4-6-14(24-10)9-3-5-12(18)13(19)7-9/h3-8H,2H2,1H3,(H,20,22,25)/b11-8+. The monoisotopic (exact) mass is 438 g/mol. The molecule has 1 fully saturated rings. The van der Waals surface area contributed by atoms with Crippen LogP contribution in [0.15, 0.2) is 44.8 Å². The molecule has 2 aromatic rings. The van der Waals surface area contributed by atoms with E-state index in [-0.39, 0.29) is 10.7 Å². The zero-order valence-electron chi connectivity index (χ0n) is 13.0. The Morgan fingerprint density at radius 1 is 1.32 bits per heavy atom. The average molecular weight is 440 g/mol. The lowest BCUT2D eigenvalue weighted by Crippen LogP contribution is -2.53. The summed E-state index contributed by atoms with van der Waals surface area (Å²) in [5, 5.41) is 3.17. The number of rotatable bonds is 3. The third-order valence-electron chi connectivity index (χ3n) is 3.62. The summed E-state index contributed by atoms with van der Waals surface area (Å²) >= 11 is 14.4. The van der Waals surface area contributed by atoms with E-state index in [4.69, 9.17) is 28.2 Å². The normalized spacial score (nSPS) is 16.5. The highest BCUT2D eigenvalue weighted by atomic mass is 79.9. The van der Waals surface area contributed by atoms with E-state index in [0.29, 0.717) is 23.1 Å². The van der Waals surface area contributed by atoms with Crippen LogP contribution in [0.5, 0.6) is 0 Å². The van der Waals surface area contributed by atoms with E-state index in [1.807, 2.05) is 12.1 Å². The number of nitrogens with one attached hydrogen (secondary N) is 1. The van der Waals surface area contributed by atoms with Gasteiger partial charge in [-0.2, -0.15) is 0 Å². The quantitative estimate of drug-likeness (QED) is 0.446. The lowest BCUT2D eigenvalue weighted by Gasteiger charge is -2.27. The highest BCUT2D eigenvalue weighted by Crippen LogP contribution is 2.30. The zero-order chi connectivity index (χ0) is 18.1. The minimum atomic E-state index is -0.538. The Morgan fingerprint density at radius 3 is 2.76 bits per heavy atom. The molecule has 0 radical (unpaired) electrons. The molecule has 25 heavy (non-hydrogen) atoms. The fourth-order valence-electron chi connectivity index (χ4n) is 2.36. The number of halogens is 2. The molecule has 1 aliphatic heterocycles. The van der Waals surface area contributed by atoms with Crippen molar-refractivity contribution in [1.29, 1.82) is 0 Å². The number of hydrogen-bond acceptors (Lipinski definition) is 4. The predicted molar refractivity (Wildman–Crippen MR) is 103 cm³/mol. The van der Waals surface area contributed by atoms with Crippen LogP contribution >= 0.6 is 39.7 Å². The summed E-state index contributed by atoms with van der Waals surface area (Å²) in [5.41, 5.74) is 0.763. The van der Waals surface area contributed by atoms with Gasteiger partial charge >= 0.3 is 0 Å². The number of amides is 2. The SMILES string of the molecule is CCN1C(=O)/C(=C/c2ccc(-c3ccc(Br)c(Cl)c3)o2)C(=O)NC1=S. The van der Waals surface area contributed by atoms with Crippen LogP contribution in [0.1, 0.15) is 12.7 Å². The van der Waals surface area contributed by atoms with Crippen molar-refractivity contribution in [2.75, 3.05) is 6.54 Å². The zero-order valence-corrected chi connectivity index (χ0v) is 16.2. The number of carbonyl (C=O) groups is 2. The number of nitrogens with zero attached hydrogens (tertiary/aromatic N) is 1. The second-order valence-corrected chi connectivity index (χ2v) is 6.85. The van der Waals surface area contributed by atoms with E-state index in [2.05, 4.69) is 21.2 Å². The van der Waals surface area contributed by atoms with Gasteiger partial charge in [0.2, 0.25) is 0 Å². The largest absolute Gasteiger partial charge is 0.457 e. The molecule has 1 saturated heterocycles. The minimum Gasteiger partial charge on any atom is -0.457 e. The summed E-state index contributed by atoms with van der Waals surface area (Å²) in [5.74, 6) is -0.0191. The Labute approximate surface area is 162 Å². The lowest BCUT2D eigenvalue weighted by atomic mass is 10.1. The topological polar surface area (TPSA) is 62.6 Å². The number of hydrogen-bond donors (Lipinski definition) is 1. The fraction of sp³-hybridized carbons (Fsp3) is 0.118. The molecular weight excluding hydrogens is 428 g/mol. The molecule has 0 unspecified atom stereocenters. The number of thiocarbonyl (C=S) groups is 1. The fourth-order valence-corrected chi connectivity index (χ4v) is 3.09. The first kappa shape index (κ1) is 17.8. The van der Waals surface area contributed by atoms with Crippen LogP contribution in [0.3, 0.4) is 0 Å². The van der Waals surface area contributed by atoms with Crippen LogP contribution in [-0.2, 0) is 9.59 Å². The summed E-state index contributed by atoms with van der Waals surface area (Å²) < 4.78 is 6.51. The van der Waals surface area contributed by atoms with Gasteiger partial charge in [0.25, 0.3) is 11.8 Å². The Kier molecular flexibility index (Phi) is 5.08. The van der Waals surface area contributed by atoms with E-state index in [9.17, 15) is 9.59 Å². The van der Waals surface area contributed by atoms with Crippen LogP contribution in [0.25, 0.3) is 17.4 Å². The van der Waals surface area contributed by atoms with Gasteiger partial charge in [-0.1, -0.05) is 17.7 Å². The van der Waals surface area contributed by atoms with E-state index in [0.717, 1.165) is 10.0 Å². The highest BCUT2D eigenvalue weighted by Gasteiger charge is 2.32. The maximum atomic E-state index is 12.4. The van der Waals surface area contributed by atoms with Crippen molar-refractivity contribution in [2.24, 2.45) is 0 Å². The molecule has 2 heterocycles. The molecule has 0 atom stereocenters. The molecular formula is C17H12BrClN2O3S. The van der Waals surface area contributed by atoms with Gasteiger partial charge in [-0.15, -0.1) is 0 Å². The maximum Gasteiger partial charge on any atom is 0.265 e. The lowest BCUT2D eigenvalue weighted by molar-refractivity contribution is -0.128. The van der Waals surface area contributed by atoms with Gasteiger partial charge in [0.1, 0.15) is 17.1 Å². The first-order valence-electron chi connectivity index (χ1n) is 7.35. The summed E-state index contributed by atoms with van der Waals surface area (Å²) in [6.07, 6.45) is 1.41. The number of furan rings is 1. The molecule has 1 N–H and O–H groups in total. The summed E-state index contributed by atoms with van der Waals surface area (Å²) in [6, 6.07) is 8.86. The van der Waals surface area contributed by atoms with Gasteiger partial charge < -0.3 is 4.42 Å². The molecule has 1 aromatic carbocycles. The van der Waals surface area contributed by atoms with Crippen molar-refractivity contribution >= 4 is 62.8 Å². The van der Waals surface area contributed by atoms with Crippen molar-refractivity contribution in [3.63, 3.8) is 0 Å². The molecule has 2 amide bonds. The van der Waals surface area contributed by atoms with Crippen LogP contribution in [0, 0.1) is 0 Å². The van der Waals surface area contributed by atoms with Gasteiger partial charge in [-0.25, -0.2) is 0 Å².